The molecule has 0 spiro atoms. The molecule has 0 aliphatic heterocycles. The Morgan fingerprint density at radius 1 is 0.941 bits per heavy atom. The van der Waals surface area contributed by atoms with Crippen LogP contribution in [0.25, 0.3) is 0 Å². The van der Waals surface area contributed by atoms with Gasteiger partial charge in [-0.25, -0.2) is 0 Å². The van der Waals surface area contributed by atoms with E-state index in [1.807, 2.05) is 18.2 Å². The molecule has 88 valence electrons. The molecule has 2 nitrogen and oxygen atoms in total. The van der Waals surface area contributed by atoms with Crippen LogP contribution >= 0.6 is 0 Å². The number of rotatable bonds is 3. The summed E-state index contributed by atoms with van der Waals surface area (Å²) in [6.07, 6.45) is 1.78. The molecule has 0 radical (unpaired) electrons. The van der Waals surface area contributed by atoms with Gasteiger partial charge in [0.05, 0.1) is 11.7 Å². The molecule has 0 saturated heterocycles. The Labute approximate surface area is 103 Å². The van der Waals surface area contributed by atoms with Crippen molar-refractivity contribution in [3.05, 3.63) is 65.5 Å². The molecule has 2 N–H and O–H groups in total. The number of benzene rings is 1. The maximum atomic E-state index is 6.18. The second kappa shape index (κ2) is 5.11. The highest BCUT2D eigenvalue weighted by atomic mass is 14.8. The summed E-state index contributed by atoms with van der Waals surface area (Å²) in [5.41, 5.74) is 9.53. The van der Waals surface area contributed by atoms with Crippen LogP contribution in [0.5, 0.6) is 0 Å². The highest BCUT2D eigenvalue weighted by Gasteiger charge is 2.09. The Morgan fingerprint density at radius 3 is 2.12 bits per heavy atom. The summed E-state index contributed by atoms with van der Waals surface area (Å²) >= 11 is 0. The Morgan fingerprint density at radius 2 is 1.59 bits per heavy atom. The summed E-state index contributed by atoms with van der Waals surface area (Å²) in [5, 5.41) is 0. The van der Waals surface area contributed by atoms with E-state index in [1.54, 1.807) is 6.20 Å². The third-order valence-electron chi connectivity index (χ3n) is 2.97. The standard InChI is InChI=1S/C15H18N2/c1-11(2)12-6-8-13(9-7-12)15(16)14-5-3-4-10-17-14/h3-11,15H,16H2,1-2H3. The number of aromatic nitrogens is 1. The van der Waals surface area contributed by atoms with Crippen LogP contribution in [0.15, 0.2) is 48.7 Å². The molecule has 1 aromatic carbocycles. The van der Waals surface area contributed by atoms with Gasteiger partial charge in [0.15, 0.2) is 0 Å². The van der Waals surface area contributed by atoms with Crippen molar-refractivity contribution in [1.82, 2.24) is 4.98 Å². The van der Waals surface area contributed by atoms with Crippen molar-refractivity contribution in [2.24, 2.45) is 5.73 Å². The molecular weight excluding hydrogens is 208 g/mol. The van der Waals surface area contributed by atoms with Gasteiger partial charge in [-0.3, -0.25) is 4.98 Å². The van der Waals surface area contributed by atoms with Gasteiger partial charge in [-0.15, -0.1) is 0 Å². The Hall–Kier alpha value is -1.67. The summed E-state index contributed by atoms with van der Waals surface area (Å²) in [4.78, 5) is 4.29. The van der Waals surface area contributed by atoms with Crippen molar-refractivity contribution in [2.45, 2.75) is 25.8 Å². The normalized spacial score (nSPS) is 12.7. The lowest BCUT2D eigenvalue weighted by atomic mass is 9.98. The van der Waals surface area contributed by atoms with Crippen LogP contribution in [0.4, 0.5) is 0 Å². The third kappa shape index (κ3) is 2.71. The van der Waals surface area contributed by atoms with Gasteiger partial charge in [0.2, 0.25) is 0 Å². The van der Waals surface area contributed by atoms with E-state index >= 15 is 0 Å². The van der Waals surface area contributed by atoms with Crippen molar-refractivity contribution in [3.8, 4) is 0 Å². The van der Waals surface area contributed by atoms with Crippen LogP contribution in [0, 0.1) is 0 Å². The third-order valence-corrected chi connectivity index (χ3v) is 2.97. The summed E-state index contributed by atoms with van der Waals surface area (Å²) < 4.78 is 0. The van der Waals surface area contributed by atoms with Crippen LogP contribution in [-0.4, -0.2) is 4.98 Å². The van der Waals surface area contributed by atoms with E-state index in [4.69, 9.17) is 5.73 Å². The Kier molecular flexibility index (Phi) is 3.55. The van der Waals surface area contributed by atoms with Gasteiger partial charge in [-0.1, -0.05) is 44.2 Å². The van der Waals surface area contributed by atoms with E-state index < -0.39 is 0 Å². The second-order valence-corrected chi connectivity index (χ2v) is 4.55. The van der Waals surface area contributed by atoms with Crippen molar-refractivity contribution < 1.29 is 0 Å². The number of hydrogen-bond acceptors (Lipinski definition) is 2. The molecule has 0 aliphatic carbocycles. The average Bonchev–Trinajstić information content (AvgIpc) is 2.39. The van der Waals surface area contributed by atoms with E-state index in [0.29, 0.717) is 5.92 Å². The molecule has 0 aliphatic rings. The Bertz CT molecular complexity index is 460. The van der Waals surface area contributed by atoms with Crippen molar-refractivity contribution in [1.29, 1.82) is 0 Å². The molecule has 17 heavy (non-hydrogen) atoms. The minimum Gasteiger partial charge on any atom is -0.319 e. The molecule has 2 aromatic rings. The van der Waals surface area contributed by atoms with Gasteiger partial charge in [0.1, 0.15) is 0 Å². The van der Waals surface area contributed by atoms with E-state index in [0.717, 1.165) is 11.3 Å². The first-order chi connectivity index (χ1) is 8.18. The van der Waals surface area contributed by atoms with Gasteiger partial charge in [-0.2, -0.15) is 0 Å². The Balaban J connectivity index is 2.23. The minimum atomic E-state index is -0.141. The lowest BCUT2D eigenvalue weighted by Crippen LogP contribution is -2.13. The van der Waals surface area contributed by atoms with Crippen LogP contribution in [0.2, 0.25) is 0 Å². The summed E-state index contributed by atoms with van der Waals surface area (Å²) in [6.45, 7) is 4.38. The zero-order valence-corrected chi connectivity index (χ0v) is 10.3. The van der Waals surface area contributed by atoms with Gasteiger partial charge >= 0.3 is 0 Å². The fourth-order valence-electron chi connectivity index (χ4n) is 1.82. The van der Waals surface area contributed by atoms with E-state index in [-0.39, 0.29) is 6.04 Å². The first-order valence-electron chi connectivity index (χ1n) is 5.95. The zero-order chi connectivity index (χ0) is 12.3. The topological polar surface area (TPSA) is 38.9 Å². The number of nitrogens with two attached hydrogens (primary N) is 1. The first-order valence-corrected chi connectivity index (χ1v) is 5.95. The van der Waals surface area contributed by atoms with E-state index in [1.165, 1.54) is 5.56 Å². The summed E-state index contributed by atoms with van der Waals surface area (Å²) in [5.74, 6) is 0.551. The minimum absolute atomic E-state index is 0.141. The van der Waals surface area contributed by atoms with Crippen molar-refractivity contribution in [3.63, 3.8) is 0 Å². The maximum Gasteiger partial charge on any atom is 0.0726 e. The number of nitrogens with zero attached hydrogens (tertiary/aromatic N) is 1. The first kappa shape index (κ1) is 11.8. The quantitative estimate of drug-likeness (QED) is 0.872. The van der Waals surface area contributed by atoms with Crippen LogP contribution < -0.4 is 5.73 Å². The predicted molar refractivity (Wildman–Crippen MR) is 70.8 cm³/mol. The average molecular weight is 226 g/mol. The predicted octanol–water partition coefficient (Wildman–Crippen LogP) is 3.25. The SMILES string of the molecule is CC(C)c1ccc(C(N)c2ccccn2)cc1. The van der Waals surface area contributed by atoms with Crippen molar-refractivity contribution in [2.75, 3.05) is 0 Å². The molecule has 0 amide bonds. The molecule has 2 heteroatoms. The second-order valence-electron chi connectivity index (χ2n) is 4.55. The number of pyridine rings is 1. The molecule has 2 rings (SSSR count). The molecule has 1 atom stereocenters. The molecular formula is C15H18N2. The van der Waals surface area contributed by atoms with Crippen LogP contribution in [0.3, 0.4) is 0 Å². The fourth-order valence-corrected chi connectivity index (χ4v) is 1.82. The van der Waals surface area contributed by atoms with Crippen LogP contribution in [0.1, 0.15) is 42.6 Å². The fraction of sp³-hybridized carbons (Fsp3) is 0.267. The van der Waals surface area contributed by atoms with Gasteiger partial charge < -0.3 is 5.73 Å². The zero-order valence-electron chi connectivity index (χ0n) is 10.3. The highest BCUT2D eigenvalue weighted by molar-refractivity contribution is 5.31. The van der Waals surface area contributed by atoms with E-state index in [9.17, 15) is 0 Å². The molecule has 1 aromatic heterocycles. The summed E-state index contributed by atoms with van der Waals surface area (Å²) in [6, 6.07) is 14.1. The maximum absolute atomic E-state index is 6.18. The molecule has 0 saturated carbocycles. The highest BCUT2D eigenvalue weighted by Crippen LogP contribution is 2.20. The smallest absolute Gasteiger partial charge is 0.0726 e. The van der Waals surface area contributed by atoms with Gasteiger partial charge in [-0.05, 0) is 29.2 Å². The monoisotopic (exact) mass is 226 g/mol. The lowest BCUT2D eigenvalue weighted by Gasteiger charge is -2.13. The van der Waals surface area contributed by atoms with E-state index in [2.05, 4.69) is 43.1 Å². The molecule has 0 bridgehead atoms. The molecule has 1 heterocycles. The summed E-state index contributed by atoms with van der Waals surface area (Å²) in [7, 11) is 0. The van der Waals surface area contributed by atoms with Crippen molar-refractivity contribution >= 4 is 0 Å². The van der Waals surface area contributed by atoms with Gasteiger partial charge in [0, 0.05) is 6.20 Å². The molecule has 1 unspecified atom stereocenters. The van der Waals surface area contributed by atoms with Gasteiger partial charge in [0.25, 0.3) is 0 Å². The van der Waals surface area contributed by atoms with Crippen LogP contribution in [-0.2, 0) is 0 Å². The molecule has 0 fully saturated rings. The number of hydrogen-bond donors (Lipinski definition) is 1. The largest absolute Gasteiger partial charge is 0.319 e. The lowest BCUT2D eigenvalue weighted by molar-refractivity contribution is 0.821.